The maximum Gasteiger partial charge on any atom is 0.494 e. The number of carbonyl (C=O) groups is 1. The molecule has 132 valence electrons. The molecule has 1 saturated carbocycles. The molecule has 1 amide bonds. The number of aromatic nitrogens is 1. The number of benzene rings is 1. The van der Waals surface area contributed by atoms with E-state index in [1.807, 2.05) is 45.9 Å². The molecule has 1 aromatic heterocycles. The van der Waals surface area contributed by atoms with Gasteiger partial charge in [-0.25, -0.2) is 4.98 Å². The first kappa shape index (κ1) is 17.0. The Morgan fingerprint density at radius 2 is 1.96 bits per heavy atom. The molecule has 5 nitrogen and oxygen atoms in total. The second-order valence-electron chi connectivity index (χ2n) is 8.03. The third-order valence-electron chi connectivity index (χ3n) is 5.36. The first-order valence-electron chi connectivity index (χ1n) is 8.79. The van der Waals surface area contributed by atoms with Crippen LogP contribution in [0.25, 0.3) is 10.2 Å². The average Bonchev–Trinajstić information content (AvgIpc) is 3.17. The zero-order valence-electron chi connectivity index (χ0n) is 15.1. The van der Waals surface area contributed by atoms with Crippen molar-refractivity contribution in [2.24, 2.45) is 5.92 Å². The number of nitrogens with zero attached hydrogens (tertiary/aromatic N) is 1. The van der Waals surface area contributed by atoms with E-state index < -0.39 is 0 Å². The summed E-state index contributed by atoms with van der Waals surface area (Å²) in [6, 6.07) is 5.99. The highest BCUT2D eigenvalue weighted by atomic mass is 32.1. The molecule has 1 aliphatic carbocycles. The van der Waals surface area contributed by atoms with Gasteiger partial charge in [-0.2, -0.15) is 0 Å². The van der Waals surface area contributed by atoms with Crippen LogP contribution in [0, 0.1) is 5.92 Å². The van der Waals surface area contributed by atoms with Crippen molar-refractivity contribution in [2.75, 3.05) is 5.32 Å². The topological polar surface area (TPSA) is 60.5 Å². The number of anilines is 1. The number of hydrogen-bond donors (Lipinski definition) is 1. The van der Waals surface area contributed by atoms with E-state index in [4.69, 9.17) is 9.31 Å². The zero-order valence-corrected chi connectivity index (χ0v) is 15.9. The monoisotopic (exact) mass is 358 g/mol. The maximum atomic E-state index is 12.0. The van der Waals surface area contributed by atoms with E-state index in [2.05, 4.69) is 10.3 Å². The Balaban J connectivity index is 1.53. The molecule has 0 atom stereocenters. The quantitative estimate of drug-likeness (QED) is 0.852. The molecule has 1 saturated heterocycles. The summed E-state index contributed by atoms with van der Waals surface area (Å²) in [6.45, 7) is 8.19. The zero-order chi connectivity index (χ0) is 17.8. The van der Waals surface area contributed by atoms with Crippen molar-refractivity contribution >= 4 is 45.2 Å². The van der Waals surface area contributed by atoms with E-state index in [0.717, 1.165) is 15.7 Å². The van der Waals surface area contributed by atoms with Gasteiger partial charge < -0.3 is 14.6 Å². The molecule has 2 heterocycles. The van der Waals surface area contributed by atoms with Crippen LogP contribution in [-0.4, -0.2) is 29.2 Å². The highest BCUT2D eigenvalue weighted by Crippen LogP contribution is 2.37. The van der Waals surface area contributed by atoms with Gasteiger partial charge in [-0.15, -0.1) is 0 Å². The normalized spacial score (nSPS) is 21.7. The van der Waals surface area contributed by atoms with Gasteiger partial charge in [0.15, 0.2) is 5.13 Å². The van der Waals surface area contributed by atoms with Crippen molar-refractivity contribution in [3.05, 3.63) is 18.2 Å². The summed E-state index contributed by atoms with van der Waals surface area (Å²) in [5.74, 6) is 0.636. The van der Waals surface area contributed by atoms with Crippen LogP contribution in [0.3, 0.4) is 0 Å². The third kappa shape index (κ3) is 3.33. The van der Waals surface area contributed by atoms with Crippen molar-refractivity contribution in [3.63, 3.8) is 0 Å². The Morgan fingerprint density at radius 1 is 1.28 bits per heavy atom. The van der Waals surface area contributed by atoms with Crippen molar-refractivity contribution in [1.82, 2.24) is 4.98 Å². The molecule has 7 heteroatoms. The minimum atomic E-state index is -0.385. The van der Waals surface area contributed by atoms with Crippen molar-refractivity contribution in [1.29, 1.82) is 0 Å². The van der Waals surface area contributed by atoms with Crippen LogP contribution in [0.1, 0.15) is 47.0 Å². The molecular weight excluding hydrogens is 335 g/mol. The predicted molar refractivity (Wildman–Crippen MR) is 101 cm³/mol. The van der Waals surface area contributed by atoms with Gasteiger partial charge in [-0.05, 0) is 64.1 Å². The van der Waals surface area contributed by atoms with Gasteiger partial charge in [0.2, 0.25) is 5.91 Å². The van der Waals surface area contributed by atoms with E-state index in [-0.39, 0.29) is 24.2 Å². The lowest BCUT2D eigenvalue weighted by molar-refractivity contribution is -0.116. The minimum Gasteiger partial charge on any atom is -0.399 e. The number of fused-ring (bicyclic) bond motifs is 1. The van der Waals surface area contributed by atoms with Crippen LogP contribution in [-0.2, 0) is 14.1 Å². The van der Waals surface area contributed by atoms with Gasteiger partial charge in [0, 0.05) is 6.42 Å². The van der Waals surface area contributed by atoms with Crippen LogP contribution in [0.4, 0.5) is 5.13 Å². The molecule has 1 aliphatic heterocycles. The number of rotatable bonds is 4. The lowest BCUT2D eigenvalue weighted by Crippen LogP contribution is -2.41. The third-order valence-corrected chi connectivity index (χ3v) is 6.29. The molecule has 25 heavy (non-hydrogen) atoms. The average molecular weight is 358 g/mol. The fourth-order valence-electron chi connectivity index (χ4n) is 2.87. The van der Waals surface area contributed by atoms with Gasteiger partial charge in [-0.1, -0.05) is 17.4 Å². The highest BCUT2D eigenvalue weighted by molar-refractivity contribution is 7.22. The molecule has 0 radical (unpaired) electrons. The van der Waals surface area contributed by atoms with E-state index >= 15 is 0 Å². The molecule has 0 bridgehead atoms. The SMILES string of the molecule is CC1(C)OB(c2ccc3nc(NC(=O)CC4CC4)sc3c2)OC1(C)C. The first-order chi connectivity index (χ1) is 11.7. The van der Waals surface area contributed by atoms with Gasteiger partial charge in [-0.3, -0.25) is 4.79 Å². The maximum absolute atomic E-state index is 12.0. The smallest absolute Gasteiger partial charge is 0.399 e. The van der Waals surface area contributed by atoms with Crippen LogP contribution in [0.2, 0.25) is 0 Å². The minimum absolute atomic E-state index is 0.0627. The van der Waals surface area contributed by atoms with Crippen molar-refractivity contribution in [3.8, 4) is 0 Å². The summed E-state index contributed by atoms with van der Waals surface area (Å²) < 4.78 is 13.2. The number of hydrogen-bond acceptors (Lipinski definition) is 5. The summed E-state index contributed by atoms with van der Waals surface area (Å²) in [7, 11) is -0.385. The molecule has 0 unspecified atom stereocenters. The number of amides is 1. The van der Waals surface area contributed by atoms with Crippen LogP contribution in [0.5, 0.6) is 0 Å². The molecular formula is C18H23BN2O3S. The second-order valence-corrected chi connectivity index (χ2v) is 9.06. The summed E-state index contributed by atoms with van der Waals surface area (Å²) in [6.07, 6.45) is 2.95. The Bertz CT molecular complexity index is 813. The van der Waals surface area contributed by atoms with Crippen LogP contribution in [0.15, 0.2) is 18.2 Å². The highest BCUT2D eigenvalue weighted by Gasteiger charge is 2.51. The van der Waals surface area contributed by atoms with E-state index in [1.165, 1.54) is 24.2 Å². The van der Waals surface area contributed by atoms with E-state index in [0.29, 0.717) is 17.5 Å². The van der Waals surface area contributed by atoms with Gasteiger partial charge in [0.05, 0.1) is 21.4 Å². The summed E-state index contributed by atoms with van der Waals surface area (Å²) >= 11 is 1.49. The summed E-state index contributed by atoms with van der Waals surface area (Å²) in [4.78, 5) is 16.5. The van der Waals surface area contributed by atoms with Gasteiger partial charge in [0.1, 0.15) is 0 Å². The number of thiazole rings is 1. The number of carbonyl (C=O) groups excluding carboxylic acids is 1. The molecule has 2 aromatic rings. The Labute approximate surface area is 152 Å². The van der Waals surface area contributed by atoms with E-state index in [9.17, 15) is 4.79 Å². The van der Waals surface area contributed by atoms with Crippen LogP contribution < -0.4 is 10.8 Å². The van der Waals surface area contributed by atoms with Crippen LogP contribution >= 0.6 is 11.3 Å². The Kier molecular flexibility index (Phi) is 3.94. The van der Waals surface area contributed by atoms with Crippen molar-refractivity contribution < 1.29 is 14.1 Å². The predicted octanol–water partition coefficient (Wildman–Crippen LogP) is 3.33. The summed E-state index contributed by atoms with van der Waals surface area (Å²) in [5, 5.41) is 3.58. The fourth-order valence-corrected chi connectivity index (χ4v) is 3.81. The molecule has 2 aliphatic rings. The largest absolute Gasteiger partial charge is 0.494 e. The molecule has 2 fully saturated rings. The van der Waals surface area contributed by atoms with Gasteiger partial charge in [0.25, 0.3) is 0 Å². The lowest BCUT2D eigenvalue weighted by Gasteiger charge is -2.32. The first-order valence-corrected chi connectivity index (χ1v) is 9.61. The van der Waals surface area contributed by atoms with Crippen molar-refractivity contribution in [2.45, 2.75) is 58.2 Å². The standard InChI is InChI=1S/C18H23BN2O3S/c1-17(2)18(3,4)24-19(23-17)12-7-8-13-14(10-12)25-16(20-13)21-15(22)9-11-5-6-11/h7-8,10-11H,5-6,9H2,1-4H3,(H,20,21,22). The molecule has 1 N–H and O–H groups in total. The summed E-state index contributed by atoms with van der Waals surface area (Å²) in [5.41, 5.74) is 1.14. The fraction of sp³-hybridized carbons (Fsp3) is 0.556. The number of nitrogens with one attached hydrogen (secondary N) is 1. The lowest BCUT2D eigenvalue weighted by atomic mass is 9.79. The Morgan fingerprint density at radius 3 is 2.60 bits per heavy atom. The molecule has 1 aromatic carbocycles. The van der Waals surface area contributed by atoms with Gasteiger partial charge >= 0.3 is 7.12 Å². The van der Waals surface area contributed by atoms with E-state index in [1.54, 1.807) is 0 Å². The Hall–Kier alpha value is -1.44. The molecule has 4 rings (SSSR count). The second kappa shape index (κ2) is 5.79. The molecule has 0 spiro atoms.